The SMILES string of the molecule is O=C(c1ccccc1)C(O)CC(F)N1CCC(O)(Cc2ccccc2)CC1. The zero-order valence-corrected chi connectivity index (χ0v) is 15.3. The minimum Gasteiger partial charge on any atom is -0.389 e. The number of alkyl halides is 1. The zero-order valence-electron chi connectivity index (χ0n) is 15.3. The van der Waals surface area contributed by atoms with Crippen LogP contribution in [0.3, 0.4) is 0 Å². The van der Waals surface area contributed by atoms with E-state index in [1.807, 2.05) is 30.3 Å². The molecule has 5 heteroatoms. The minimum atomic E-state index is -1.41. The van der Waals surface area contributed by atoms with Crippen LogP contribution in [0.5, 0.6) is 0 Å². The van der Waals surface area contributed by atoms with E-state index in [-0.39, 0.29) is 6.42 Å². The van der Waals surface area contributed by atoms with Gasteiger partial charge in [-0.1, -0.05) is 60.7 Å². The third-order valence-electron chi connectivity index (χ3n) is 5.28. The fraction of sp³-hybridized carbons (Fsp3) is 0.409. The number of carbonyl (C=O) groups is 1. The molecular formula is C22H26FNO3. The van der Waals surface area contributed by atoms with Crippen LogP contribution < -0.4 is 0 Å². The van der Waals surface area contributed by atoms with Crippen LogP contribution in [0.2, 0.25) is 0 Å². The number of aliphatic hydroxyl groups is 2. The predicted octanol–water partition coefficient (Wildman–Crippen LogP) is 2.99. The molecule has 1 fully saturated rings. The lowest BCUT2D eigenvalue weighted by Crippen LogP contribution is -2.49. The summed E-state index contributed by atoms with van der Waals surface area (Å²) in [6.45, 7) is 0.799. The molecule has 1 aliphatic heterocycles. The first-order valence-corrected chi connectivity index (χ1v) is 9.39. The number of hydrogen-bond acceptors (Lipinski definition) is 4. The van der Waals surface area contributed by atoms with Gasteiger partial charge in [-0.15, -0.1) is 0 Å². The molecule has 0 saturated carbocycles. The Hall–Kier alpha value is -2.08. The summed E-state index contributed by atoms with van der Waals surface area (Å²) < 4.78 is 14.6. The molecule has 2 N–H and O–H groups in total. The van der Waals surface area contributed by atoms with Gasteiger partial charge in [-0.2, -0.15) is 0 Å². The van der Waals surface area contributed by atoms with Crippen LogP contribution in [0, 0.1) is 0 Å². The van der Waals surface area contributed by atoms with Gasteiger partial charge >= 0.3 is 0 Å². The molecule has 3 rings (SSSR count). The second kappa shape index (κ2) is 8.74. The van der Waals surface area contributed by atoms with Crippen LogP contribution in [-0.2, 0) is 6.42 Å². The smallest absolute Gasteiger partial charge is 0.191 e. The molecule has 0 bridgehead atoms. The third-order valence-corrected chi connectivity index (χ3v) is 5.28. The molecule has 2 aromatic rings. The Morgan fingerprint density at radius 1 is 1.04 bits per heavy atom. The molecule has 0 aromatic heterocycles. The van der Waals surface area contributed by atoms with E-state index in [4.69, 9.17) is 0 Å². The van der Waals surface area contributed by atoms with Crippen molar-refractivity contribution in [2.75, 3.05) is 13.1 Å². The van der Waals surface area contributed by atoms with Gasteiger partial charge in [0.2, 0.25) is 0 Å². The molecule has 2 atom stereocenters. The first-order chi connectivity index (χ1) is 13.0. The molecule has 144 valence electrons. The zero-order chi connectivity index (χ0) is 19.3. The quantitative estimate of drug-likeness (QED) is 0.580. The fourth-order valence-electron chi connectivity index (χ4n) is 3.61. The largest absolute Gasteiger partial charge is 0.389 e. The molecule has 0 spiro atoms. The average molecular weight is 371 g/mol. The molecular weight excluding hydrogens is 345 g/mol. The highest BCUT2D eigenvalue weighted by atomic mass is 19.1. The molecule has 0 amide bonds. The number of rotatable bonds is 7. The Bertz CT molecular complexity index is 730. The van der Waals surface area contributed by atoms with Crippen molar-refractivity contribution >= 4 is 5.78 Å². The van der Waals surface area contributed by atoms with Crippen molar-refractivity contribution in [1.29, 1.82) is 0 Å². The molecule has 27 heavy (non-hydrogen) atoms. The number of hydrogen-bond donors (Lipinski definition) is 2. The first-order valence-electron chi connectivity index (χ1n) is 9.39. The molecule has 1 aliphatic rings. The Balaban J connectivity index is 1.51. The summed E-state index contributed by atoms with van der Waals surface area (Å²) in [6, 6.07) is 18.2. The Labute approximate surface area is 159 Å². The Morgan fingerprint density at radius 3 is 2.19 bits per heavy atom. The summed E-state index contributed by atoms with van der Waals surface area (Å²) in [7, 11) is 0. The maximum absolute atomic E-state index is 14.6. The molecule has 0 aliphatic carbocycles. The van der Waals surface area contributed by atoms with Crippen molar-refractivity contribution < 1.29 is 19.4 Å². The third kappa shape index (κ3) is 5.22. The van der Waals surface area contributed by atoms with Gasteiger partial charge in [-0.3, -0.25) is 9.69 Å². The molecule has 2 aromatic carbocycles. The van der Waals surface area contributed by atoms with Gasteiger partial charge in [-0.25, -0.2) is 4.39 Å². The van der Waals surface area contributed by atoms with Crippen molar-refractivity contribution in [3.8, 4) is 0 Å². The number of piperidine rings is 1. The number of carbonyl (C=O) groups excluding carboxylic acids is 1. The number of Topliss-reactive ketones (excluding diaryl/α,β-unsaturated/α-hetero) is 1. The highest BCUT2D eigenvalue weighted by molar-refractivity contribution is 5.99. The van der Waals surface area contributed by atoms with Gasteiger partial charge in [0.25, 0.3) is 0 Å². The van der Waals surface area contributed by atoms with E-state index in [1.54, 1.807) is 35.2 Å². The van der Waals surface area contributed by atoms with Gasteiger partial charge in [0.15, 0.2) is 12.1 Å². The minimum absolute atomic E-state index is 0.259. The van der Waals surface area contributed by atoms with Gasteiger partial charge in [0, 0.05) is 31.5 Å². The summed E-state index contributed by atoms with van der Waals surface area (Å²) in [5.41, 5.74) is 0.609. The summed E-state index contributed by atoms with van der Waals surface area (Å²) >= 11 is 0. The van der Waals surface area contributed by atoms with Crippen molar-refractivity contribution in [1.82, 2.24) is 4.90 Å². The second-order valence-electron chi connectivity index (χ2n) is 7.34. The number of aliphatic hydroxyl groups excluding tert-OH is 1. The summed E-state index contributed by atoms with van der Waals surface area (Å²) in [5, 5.41) is 20.9. The standard InChI is InChI=1S/C22H26FNO3/c23-20(15-19(25)21(26)18-9-5-2-6-10-18)24-13-11-22(27,12-14-24)16-17-7-3-1-4-8-17/h1-10,19-20,25,27H,11-16H2. The van der Waals surface area contributed by atoms with Crippen LogP contribution in [0.25, 0.3) is 0 Å². The van der Waals surface area contributed by atoms with Gasteiger partial charge in [-0.05, 0) is 18.4 Å². The van der Waals surface area contributed by atoms with Crippen molar-refractivity contribution in [3.05, 3.63) is 71.8 Å². The van der Waals surface area contributed by atoms with Crippen molar-refractivity contribution in [3.63, 3.8) is 0 Å². The summed E-state index contributed by atoms with van der Waals surface area (Å²) in [4.78, 5) is 13.8. The van der Waals surface area contributed by atoms with E-state index in [9.17, 15) is 19.4 Å². The molecule has 1 heterocycles. The van der Waals surface area contributed by atoms with Gasteiger partial charge in [0.05, 0.1) is 5.60 Å². The van der Waals surface area contributed by atoms with Gasteiger partial charge in [0.1, 0.15) is 6.10 Å². The lowest BCUT2D eigenvalue weighted by atomic mass is 9.85. The van der Waals surface area contributed by atoms with Crippen LogP contribution in [0.15, 0.2) is 60.7 Å². The van der Waals surface area contributed by atoms with Crippen LogP contribution in [-0.4, -0.2) is 52.0 Å². The Morgan fingerprint density at radius 2 is 1.59 bits per heavy atom. The normalized spacial score (nSPS) is 19.4. The van der Waals surface area contributed by atoms with E-state index in [1.165, 1.54) is 0 Å². The van der Waals surface area contributed by atoms with E-state index in [2.05, 4.69) is 0 Å². The lowest BCUT2D eigenvalue weighted by Gasteiger charge is -2.39. The second-order valence-corrected chi connectivity index (χ2v) is 7.34. The van der Waals surface area contributed by atoms with E-state index in [0.717, 1.165) is 5.56 Å². The number of likely N-dealkylation sites (tertiary alicyclic amines) is 1. The van der Waals surface area contributed by atoms with Crippen molar-refractivity contribution in [2.45, 2.75) is 43.7 Å². The summed E-state index contributed by atoms with van der Waals surface area (Å²) in [6.07, 6.45) is -1.56. The summed E-state index contributed by atoms with van der Waals surface area (Å²) in [5.74, 6) is -0.462. The number of ketones is 1. The molecule has 2 unspecified atom stereocenters. The maximum Gasteiger partial charge on any atom is 0.191 e. The maximum atomic E-state index is 14.6. The molecule has 0 radical (unpaired) electrons. The molecule has 1 saturated heterocycles. The number of halogens is 1. The van der Waals surface area contributed by atoms with Crippen LogP contribution in [0.1, 0.15) is 35.2 Å². The molecule has 4 nitrogen and oxygen atoms in total. The van der Waals surface area contributed by atoms with E-state index < -0.39 is 23.8 Å². The highest BCUT2D eigenvalue weighted by Gasteiger charge is 2.35. The highest BCUT2D eigenvalue weighted by Crippen LogP contribution is 2.28. The average Bonchev–Trinajstić information content (AvgIpc) is 2.69. The van der Waals surface area contributed by atoms with Crippen LogP contribution >= 0.6 is 0 Å². The van der Waals surface area contributed by atoms with Gasteiger partial charge < -0.3 is 10.2 Å². The Kier molecular flexibility index (Phi) is 6.37. The number of nitrogens with zero attached hydrogens (tertiary/aromatic N) is 1. The van der Waals surface area contributed by atoms with E-state index >= 15 is 0 Å². The lowest BCUT2D eigenvalue weighted by molar-refractivity contribution is -0.0570. The van der Waals surface area contributed by atoms with Crippen LogP contribution in [0.4, 0.5) is 4.39 Å². The fourth-order valence-corrected chi connectivity index (χ4v) is 3.61. The number of benzene rings is 2. The first kappa shape index (κ1) is 19.7. The topological polar surface area (TPSA) is 60.8 Å². The van der Waals surface area contributed by atoms with E-state index in [0.29, 0.717) is 37.9 Å². The monoisotopic (exact) mass is 371 g/mol. The predicted molar refractivity (Wildman–Crippen MR) is 102 cm³/mol. The van der Waals surface area contributed by atoms with Crippen molar-refractivity contribution in [2.24, 2.45) is 0 Å².